The van der Waals surface area contributed by atoms with Gasteiger partial charge >= 0.3 is 0 Å². The van der Waals surface area contributed by atoms with Crippen molar-refractivity contribution in [1.29, 1.82) is 0 Å². The third kappa shape index (κ3) is 5.08. The van der Waals surface area contributed by atoms with Crippen molar-refractivity contribution in [1.82, 2.24) is 5.32 Å². The minimum atomic E-state index is -0.644. The Kier molecular flexibility index (Phi) is 6.58. The summed E-state index contributed by atoms with van der Waals surface area (Å²) in [6, 6.07) is 8.61. The van der Waals surface area contributed by atoms with Gasteiger partial charge in [-0.3, -0.25) is 0 Å². The van der Waals surface area contributed by atoms with E-state index >= 15 is 0 Å². The summed E-state index contributed by atoms with van der Waals surface area (Å²) >= 11 is 1.56. The molecular formula is C13H21NO2S. The van der Waals surface area contributed by atoms with Crippen molar-refractivity contribution < 1.29 is 10.2 Å². The van der Waals surface area contributed by atoms with E-state index in [1.54, 1.807) is 11.8 Å². The first-order valence-corrected chi connectivity index (χ1v) is 6.91. The predicted octanol–water partition coefficient (Wildman–Crippen LogP) is 1.80. The molecule has 1 rings (SSSR count). The second-order valence-electron chi connectivity index (χ2n) is 4.00. The van der Waals surface area contributed by atoms with E-state index in [9.17, 15) is 5.11 Å². The first-order valence-electron chi connectivity index (χ1n) is 5.92. The summed E-state index contributed by atoms with van der Waals surface area (Å²) in [5, 5.41) is 21.4. The number of rotatable bonds is 7. The standard InChI is InChI=1S/C13H21NO2S/c1-3-14-10(2)11-5-4-6-13(7-11)17-9-12(16)8-15/h4-7,10,12,14-16H,3,8-9H2,1-2H3. The van der Waals surface area contributed by atoms with E-state index in [1.165, 1.54) is 5.56 Å². The lowest BCUT2D eigenvalue weighted by molar-refractivity contribution is 0.113. The van der Waals surface area contributed by atoms with Crippen molar-refractivity contribution in [2.45, 2.75) is 30.9 Å². The Morgan fingerprint density at radius 2 is 2.18 bits per heavy atom. The van der Waals surface area contributed by atoms with E-state index in [4.69, 9.17) is 5.11 Å². The van der Waals surface area contributed by atoms with Crippen molar-refractivity contribution in [2.24, 2.45) is 0 Å². The van der Waals surface area contributed by atoms with Gasteiger partial charge < -0.3 is 15.5 Å². The monoisotopic (exact) mass is 255 g/mol. The Hall–Kier alpha value is -0.550. The third-order valence-electron chi connectivity index (χ3n) is 2.52. The summed E-state index contributed by atoms with van der Waals surface area (Å²) in [6.45, 7) is 4.99. The van der Waals surface area contributed by atoms with Gasteiger partial charge in [0.05, 0.1) is 12.7 Å². The van der Waals surface area contributed by atoms with Gasteiger partial charge in [0.15, 0.2) is 0 Å². The van der Waals surface area contributed by atoms with Crippen LogP contribution in [0, 0.1) is 0 Å². The topological polar surface area (TPSA) is 52.5 Å². The van der Waals surface area contributed by atoms with Gasteiger partial charge in [0, 0.05) is 16.7 Å². The van der Waals surface area contributed by atoms with Crippen LogP contribution >= 0.6 is 11.8 Å². The van der Waals surface area contributed by atoms with Crippen molar-refractivity contribution in [3.8, 4) is 0 Å². The molecule has 96 valence electrons. The molecule has 0 aliphatic rings. The molecule has 0 aliphatic carbocycles. The number of thioether (sulfide) groups is 1. The highest BCUT2D eigenvalue weighted by atomic mass is 32.2. The molecule has 1 aromatic carbocycles. The molecule has 2 atom stereocenters. The van der Waals surface area contributed by atoms with Crippen LogP contribution in [0.1, 0.15) is 25.5 Å². The summed E-state index contributed by atoms with van der Waals surface area (Å²) in [4.78, 5) is 1.12. The van der Waals surface area contributed by atoms with E-state index in [-0.39, 0.29) is 6.61 Å². The molecule has 3 N–H and O–H groups in total. The summed E-state index contributed by atoms with van der Waals surface area (Å²) in [6.07, 6.45) is -0.644. The average molecular weight is 255 g/mol. The molecule has 0 heterocycles. The molecule has 0 radical (unpaired) electrons. The maximum atomic E-state index is 9.30. The maximum absolute atomic E-state index is 9.30. The number of benzene rings is 1. The van der Waals surface area contributed by atoms with Crippen LogP contribution in [0.25, 0.3) is 0 Å². The molecule has 17 heavy (non-hydrogen) atoms. The molecule has 2 unspecified atom stereocenters. The van der Waals surface area contributed by atoms with Crippen LogP contribution in [0.2, 0.25) is 0 Å². The number of aliphatic hydroxyl groups excluding tert-OH is 2. The molecule has 0 aromatic heterocycles. The minimum Gasteiger partial charge on any atom is -0.394 e. The van der Waals surface area contributed by atoms with Gasteiger partial charge in [0.25, 0.3) is 0 Å². The van der Waals surface area contributed by atoms with Crippen molar-refractivity contribution in [2.75, 3.05) is 18.9 Å². The Bertz CT molecular complexity index is 333. The second-order valence-corrected chi connectivity index (χ2v) is 5.09. The zero-order valence-corrected chi connectivity index (χ0v) is 11.2. The SMILES string of the molecule is CCNC(C)c1cccc(SCC(O)CO)c1. The van der Waals surface area contributed by atoms with E-state index in [2.05, 4.69) is 31.3 Å². The quantitative estimate of drug-likeness (QED) is 0.650. The summed E-state index contributed by atoms with van der Waals surface area (Å²) in [5.41, 5.74) is 1.25. The first-order chi connectivity index (χ1) is 8.17. The smallest absolute Gasteiger partial charge is 0.0864 e. The molecular weight excluding hydrogens is 234 g/mol. The van der Waals surface area contributed by atoms with Crippen LogP contribution in [0.15, 0.2) is 29.2 Å². The minimum absolute atomic E-state index is 0.180. The molecule has 0 saturated heterocycles. The van der Waals surface area contributed by atoms with Crippen LogP contribution < -0.4 is 5.32 Å². The van der Waals surface area contributed by atoms with Crippen molar-refractivity contribution >= 4 is 11.8 Å². The Morgan fingerprint density at radius 3 is 2.82 bits per heavy atom. The third-order valence-corrected chi connectivity index (χ3v) is 3.66. The lowest BCUT2D eigenvalue weighted by atomic mass is 10.1. The van der Waals surface area contributed by atoms with Gasteiger partial charge in [0.1, 0.15) is 0 Å². The molecule has 0 fully saturated rings. The largest absolute Gasteiger partial charge is 0.394 e. The lowest BCUT2D eigenvalue weighted by Gasteiger charge is -2.14. The summed E-state index contributed by atoms with van der Waals surface area (Å²) in [5.74, 6) is 0.523. The molecule has 0 saturated carbocycles. The van der Waals surface area contributed by atoms with Gasteiger partial charge in [-0.05, 0) is 31.2 Å². The molecule has 3 nitrogen and oxygen atoms in total. The normalized spacial score (nSPS) is 14.6. The van der Waals surface area contributed by atoms with Crippen LogP contribution in [-0.2, 0) is 0 Å². The lowest BCUT2D eigenvalue weighted by Crippen LogP contribution is -2.17. The van der Waals surface area contributed by atoms with E-state index < -0.39 is 6.10 Å². The number of aliphatic hydroxyl groups is 2. The van der Waals surface area contributed by atoms with Crippen molar-refractivity contribution in [3.63, 3.8) is 0 Å². The summed E-state index contributed by atoms with van der Waals surface area (Å²) in [7, 11) is 0. The van der Waals surface area contributed by atoms with Gasteiger partial charge in [-0.2, -0.15) is 0 Å². The Labute approximate surface area is 107 Å². The van der Waals surface area contributed by atoms with Gasteiger partial charge in [-0.15, -0.1) is 11.8 Å². The predicted molar refractivity (Wildman–Crippen MR) is 72.4 cm³/mol. The van der Waals surface area contributed by atoms with E-state index in [0.717, 1.165) is 11.4 Å². The fourth-order valence-electron chi connectivity index (χ4n) is 1.54. The number of hydrogen-bond donors (Lipinski definition) is 3. The average Bonchev–Trinajstić information content (AvgIpc) is 2.36. The van der Waals surface area contributed by atoms with E-state index in [1.807, 2.05) is 12.1 Å². The number of hydrogen-bond acceptors (Lipinski definition) is 4. The molecule has 1 aromatic rings. The maximum Gasteiger partial charge on any atom is 0.0864 e. The van der Waals surface area contributed by atoms with Crippen molar-refractivity contribution in [3.05, 3.63) is 29.8 Å². The highest BCUT2D eigenvalue weighted by Crippen LogP contribution is 2.22. The molecule has 0 amide bonds. The second kappa shape index (κ2) is 7.71. The van der Waals surface area contributed by atoms with Gasteiger partial charge in [0.2, 0.25) is 0 Å². The fourth-order valence-corrected chi connectivity index (χ4v) is 2.43. The van der Waals surface area contributed by atoms with Crippen LogP contribution in [-0.4, -0.2) is 35.2 Å². The highest BCUT2D eigenvalue weighted by molar-refractivity contribution is 7.99. The fraction of sp³-hybridized carbons (Fsp3) is 0.538. The molecule has 0 aliphatic heterocycles. The van der Waals surface area contributed by atoms with Gasteiger partial charge in [-0.25, -0.2) is 0 Å². The first kappa shape index (κ1) is 14.5. The van der Waals surface area contributed by atoms with Gasteiger partial charge in [-0.1, -0.05) is 19.1 Å². The Balaban J connectivity index is 2.59. The summed E-state index contributed by atoms with van der Waals surface area (Å²) < 4.78 is 0. The molecule has 4 heteroatoms. The zero-order valence-electron chi connectivity index (χ0n) is 10.4. The molecule has 0 spiro atoms. The zero-order chi connectivity index (χ0) is 12.7. The van der Waals surface area contributed by atoms with E-state index in [0.29, 0.717) is 11.8 Å². The Morgan fingerprint density at radius 1 is 1.41 bits per heavy atom. The number of nitrogens with one attached hydrogen (secondary N) is 1. The molecule has 0 bridgehead atoms. The van der Waals surface area contributed by atoms with Crippen LogP contribution in [0.5, 0.6) is 0 Å². The highest BCUT2D eigenvalue weighted by Gasteiger charge is 2.06. The van der Waals surface area contributed by atoms with Crippen LogP contribution in [0.4, 0.5) is 0 Å². The van der Waals surface area contributed by atoms with Crippen LogP contribution in [0.3, 0.4) is 0 Å².